The Labute approximate surface area is 188 Å². The van der Waals surface area contributed by atoms with Crippen LogP contribution in [-0.2, 0) is 17.4 Å². The van der Waals surface area contributed by atoms with E-state index in [1.54, 1.807) is 26.0 Å². The third-order valence-electron chi connectivity index (χ3n) is 5.29. The van der Waals surface area contributed by atoms with E-state index in [0.717, 1.165) is 42.0 Å². The van der Waals surface area contributed by atoms with E-state index in [-0.39, 0.29) is 5.11 Å². The number of thiocarbonyl (C=S) groups is 1. The Morgan fingerprint density at radius 3 is 2.44 bits per heavy atom. The molecule has 2 heterocycles. The summed E-state index contributed by atoms with van der Waals surface area (Å²) in [5.74, 6) is -2.42. The van der Waals surface area contributed by atoms with E-state index in [9.17, 15) is 18.0 Å². The van der Waals surface area contributed by atoms with Crippen molar-refractivity contribution in [3.63, 3.8) is 0 Å². The number of unbranched alkanes of at least 4 members (excludes halogenated alkanes) is 1. The minimum absolute atomic E-state index is 0.181. The first-order valence-corrected chi connectivity index (χ1v) is 10.3. The van der Waals surface area contributed by atoms with Crippen molar-refractivity contribution in [3.05, 3.63) is 53.1 Å². The lowest BCUT2D eigenvalue weighted by Crippen LogP contribution is -2.44. The highest BCUT2D eigenvalue weighted by molar-refractivity contribution is 7.81. The first kappa shape index (κ1) is 23.6. The van der Waals surface area contributed by atoms with Crippen LogP contribution in [0.15, 0.2) is 30.5 Å². The lowest BCUT2D eigenvalue weighted by atomic mass is 10.0. The standard InChI is InChI=1S/C22H20F4N4OS/c1-4-5-6-14-8-9-15(12-28-14)30-20(32)29(19(31)21(30,2)3)16-10-7-13(11-27)17(18(16)23)22(24,25)26/h7-10,12H,4-6H2,1-3H3. The van der Waals surface area contributed by atoms with Gasteiger partial charge in [0.2, 0.25) is 0 Å². The lowest BCUT2D eigenvalue weighted by Gasteiger charge is -2.29. The minimum Gasteiger partial charge on any atom is -0.302 e. The summed E-state index contributed by atoms with van der Waals surface area (Å²) in [5.41, 5.74) is -3.25. The number of nitriles is 1. The van der Waals surface area contributed by atoms with Gasteiger partial charge in [-0.2, -0.15) is 18.4 Å². The van der Waals surface area contributed by atoms with Crippen molar-refractivity contribution < 1.29 is 22.4 Å². The minimum atomic E-state index is -5.12. The zero-order valence-corrected chi connectivity index (χ0v) is 18.4. The second kappa shape index (κ2) is 8.47. The number of alkyl halides is 3. The lowest BCUT2D eigenvalue weighted by molar-refractivity contribution is -0.140. The number of nitrogens with zero attached hydrogens (tertiary/aromatic N) is 4. The summed E-state index contributed by atoms with van der Waals surface area (Å²) in [6, 6.07) is 6.64. The molecule has 1 saturated heterocycles. The summed E-state index contributed by atoms with van der Waals surface area (Å²) >= 11 is 5.40. The Bertz CT molecular complexity index is 1110. The van der Waals surface area contributed by atoms with E-state index < -0.39 is 40.3 Å². The maximum absolute atomic E-state index is 15.0. The molecule has 0 bridgehead atoms. The van der Waals surface area contributed by atoms with Gasteiger partial charge in [-0.3, -0.25) is 14.7 Å². The van der Waals surface area contributed by atoms with Gasteiger partial charge in [-0.15, -0.1) is 0 Å². The van der Waals surface area contributed by atoms with Gasteiger partial charge in [-0.25, -0.2) is 4.39 Å². The molecule has 10 heteroatoms. The predicted octanol–water partition coefficient (Wildman–Crippen LogP) is 5.37. The van der Waals surface area contributed by atoms with E-state index >= 15 is 4.39 Å². The molecule has 1 aliphatic heterocycles. The fourth-order valence-corrected chi connectivity index (χ4v) is 4.12. The van der Waals surface area contributed by atoms with Gasteiger partial charge < -0.3 is 4.90 Å². The zero-order valence-electron chi connectivity index (χ0n) is 17.6. The number of aromatic nitrogens is 1. The van der Waals surface area contributed by atoms with Crippen LogP contribution in [0.4, 0.5) is 28.9 Å². The fourth-order valence-electron chi connectivity index (χ4n) is 3.60. The number of hydrogen-bond acceptors (Lipinski definition) is 4. The van der Waals surface area contributed by atoms with Crippen molar-refractivity contribution >= 4 is 34.6 Å². The molecule has 1 aromatic carbocycles. The molecule has 0 aliphatic carbocycles. The van der Waals surface area contributed by atoms with Crippen LogP contribution in [0.2, 0.25) is 0 Å². The highest BCUT2D eigenvalue weighted by Crippen LogP contribution is 2.41. The molecule has 0 N–H and O–H groups in total. The van der Waals surface area contributed by atoms with Gasteiger partial charge in [0.05, 0.1) is 29.2 Å². The maximum atomic E-state index is 15.0. The zero-order chi connectivity index (χ0) is 23.8. The van der Waals surface area contributed by atoms with Crippen LogP contribution in [0.25, 0.3) is 0 Å². The summed E-state index contributed by atoms with van der Waals surface area (Å²) in [4.78, 5) is 19.7. The highest BCUT2D eigenvalue weighted by atomic mass is 32.1. The quantitative estimate of drug-likeness (QED) is 0.440. The topological polar surface area (TPSA) is 60.2 Å². The Hall–Kier alpha value is -3.06. The molecular weight excluding hydrogens is 444 g/mol. The van der Waals surface area contributed by atoms with E-state index in [1.807, 2.05) is 0 Å². The van der Waals surface area contributed by atoms with Crippen LogP contribution in [-0.4, -0.2) is 21.5 Å². The number of aryl methyl sites for hydroxylation is 1. The fraction of sp³-hybridized carbons (Fsp3) is 0.364. The monoisotopic (exact) mass is 464 g/mol. The van der Waals surface area contributed by atoms with E-state index in [4.69, 9.17) is 17.5 Å². The van der Waals surface area contributed by atoms with Gasteiger partial charge in [0.1, 0.15) is 11.1 Å². The molecule has 168 valence electrons. The molecule has 3 rings (SSSR count). The first-order valence-electron chi connectivity index (χ1n) is 9.88. The van der Waals surface area contributed by atoms with Gasteiger partial charge in [-0.05, 0) is 63.2 Å². The number of halogens is 4. The van der Waals surface area contributed by atoms with E-state index in [1.165, 1.54) is 17.2 Å². The Kier molecular flexibility index (Phi) is 6.24. The summed E-state index contributed by atoms with van der Waals surface area (Å²) in [5, 5.41) is 8.80. The molecule has 1 aromatic heterocycles. The van der Waals surface area contributed by atoms with E-state index in [2.05, 4.69) is 11.9 Å². The van der Waals surface area contributed by atoms with Crippen LogP contribution in [0.5, 0.6) is 0 Å². The molecule has 0 atom stereocenters. The number of hydrogen-bond donors (Lipinski definition) is 0. The van der Waals surface area contributed by atoms with Crippen molar-refractivity contribution in [3.8, 4) is 6.07 Å². The largest absolute Gasteiger partial charge is 0.420 e. The molecule has 0 radical (unpaired) electrons. The van der Waals surface area contributed by atoms with Gasteiger partial charge in [-0.1, -0.05) is 13.3 Å². The molecule has 0 saturated carbocycles. The molecule has 2 aromatic rings. The number of amides is 1. The number of carbonyl (C=O) groups is 1. The molecule has 5 nitrogen and oxygen atoms in total. The second-order valence-corrected chi connectivity index (χ2v) is 8.22. The van der Waals surface area contributed by atoms with Crippen LogP contribution < -0.4 is 9.80 Å². The van der Waals surface area contributed by atoms with Gasteiger partial charge in [0.25, 0.3) is 5.91 Å². The summed E-state index contributed by atoms with van der Waals surface area (Å²) in [6.45, 7) is 5.14. The van der Waals surface area contributed by atoms with Gasteiger partial charge in [0.15, 0.2) is 10.9 Å². The molecule has 32 heavy (non-hydrogen) atoms. The van der Waals surface area contributed by atoms with Crippen molar-refractivity contribution in [1.29, 1.82) is 5.26 Å². The first-order chi connectivity index (χ1) is 14.9. The Morgan fingerprint density at radius 1 is 1.22 bits per heavy atom. The normalized spacial score (nSPS) is 15.9. The Balaban J connectivity index is 2.07. The smallest absolute Gasteiger partial charge is 0.302 e. The average molecular weight is 464 g/mol. The van der Waals surface area contributed by atoms with Crippen molar-refractivity contribution in [1.82, 2.24) is 4.98 Å². The molecule has 0 spiro atoms. The third kappa shape index (κ3) is 3.93. The number of carbonyl (C=O) groups excluding carboxylic acids is 1. The summed E-state index contributed by atoms with van der Waals surface area (Å²) < 4.78 is 55.3. The molecular formula is C22H20F4N4OS. The van der Waals surface area contributed by atoms with Gasteiger partial charge >= 0.3 is 6.18 Å². The number of rotatable bonds is 5. The van der Waals surface area contributed by atoms with Gasteiger partial charge in [0, 0.05) is 5.69 Å². The molecule has 1 amide bonds. The van der Waals surface area contributed by atoms with Crippen LogP contribution >= 0.6 is 12.2 Å². The van der Waals surface area contributed by atoms with E-state index in [0.29, 0.717) is 5.69 Å². The third-order valence-corrected chi connectivity index (χ3v) is 5.65. The number of benzene rings is 1. The molecule has 1 aliphatic rings. The number of pyridine rings is 1. The van der Waals surface area contributed by atoms with Crippen molar-refractivity contribution in [2.24, 2.45) is 0 Å². The van der Waals surface area contributed by atoms with Crippen LogP contribution in [0.3, 0.4) is 0 Å². The predicted molar refractivity (Wildman–Crippen MR) is 116 cm³/mol. The summed E-state index contributed by atoms with van der Waals surface area (Å²) in [7, 11) is 0. The number of anilines is 2. The van der Waals surface area contributed by atoms with Crippen LogP contribution in [0.1, 0.15) is 50.4 Å². The summed E-state index contributed by atoms with van der Waals surface area (Å²) in [6.07, 6.45) is -0.834. The average Bonchev–Trinajstić information content (AvgIpc) is 2.90. The van der Waals surface area contributed by atoms with Crippen molar-refractivity contribution in [2.75, 3.05) is 9.80 Å². The second-order valence-electron chi connectivity index (χ2n) is 7.86. The molecule has 0 unspecified atom stereocenters. The Morgan fingerprint density at radius 2 is 1.91 bits per heavy atom. The molecule has 1 fully saturated rings. The van der Waals surface area contributed by atoms with Crippen molar-refractivity contribution in [2.45, 2.75) is 51.7 Å². The maximum Gasteiger partial charge on any atom is 0.420 e. The van der Waals surface area contributed by atoms with Crippen LogP contribution in [0, 0.1) is 17.1 Å². The highest BCUT2D eigenvalue weighted by Gasteiger charge is 2.52. The SMILES string of the molecule is CCCCc1ccc(N2C(=S)N(c3ccc(C#N)c(C(F)(F)F)c3F)C(=O)C2(C)C)cn1.